The van der Waals surface area contributed by atoms with Gasteiger partial charge in [0, 0.05) is 107 Å². The number of hydrogen-bond acceptors (Lipinski definition) is 25. The second kappa shape index (κ2) is 49.4. The number of hydrogen-bond donors (Lipinski definition) is 18. The number of ketones is 1. The average Bonchev–Trinajstić information content (AvgIpc) is 1.66. The van der Waals surface area contributed by atoms with Crippen molar-refractivity contribution in [2.24, 2.45) is 0 Å². The molecule has 0 bridgehead atoms. The van der Waals surface area contributed by atoms with Crippen LogP contribution in [-0.4, -0.2) is 300 Å². The largest absolute Gasteiger partial charge is 0.481 e. The summed E-state index contributed by atoms with van der Waals surface area (Å²) in [7, 11) is 0. The highest BCUT2D eigenvalue weighted by atomic mass is 32.2. The summed E-state index contributed by atoms with van der Waals surface area (Å²) in [5.74, 6) is -15.2. The Kier molecular flexibility index (Phi) is 41.2. The van der Waals surface area contributed by atoms with Crippen molar-refractivity contribution in [3.63, 3.8) is 0 Å². The summed E-state index contributed by atoms with van der Waals surface area (Å²) >= 11 is 1.83. The van der Waals surface area contributed by atoms with E-state index in [0.29, 0.717) is 37.5 Å². The molecule has 0 aromatic carbocycles. The second-order valence-corrected chi connectivity index (χ2v) is 26.5. The van der Waals surface area contributed by atoms with E-state index in [1.165, 1.54) is 0 Å². The number of nitrogens with one attached hydrogen (secondary N) is 14. The molecule has 0 spiro atoms. The van der Waals surface area contributed by atoms with Crippen LogP contribution in [-0.2, 0) is 101 Å². The molecule has 0 aliphatic carbocycles. The molecule has 2 fully saturated rings. The third-order valence-corrected chi connectivity index (χ3v) is 18.4. The van der Waals surface area contributed by atoms with Gasteiger partial charge in [-0.2, -0.15) is 11.8 Å². The van der Waals surface area contributed by atoms with Gasteiger partial charge < -0.3 is 104 Å². The quantitative estimate of drug-likeness (QED) is 0.0153. The van der Waals surface area contributed by atoms with Crippen molar-refractivity contribution in [1.82, 2.24) is 84.2 Å². The Morgan fingerprint density at radius 1 is 0.450 bits per heavy atom. The molecule has 9 atom stereocenters. The predicted molar refractivity (Wildman–Crippen MR) is 377 cm³/mol. The molecular weight excluding hydrogens is 1460 g/mol. The minimum absolute atomic E-state index is 0.0118. The lowest BCUT2D eigenvalue weighted by Crippen LogP contribution is -2.56. The Morgan fingerprint density at radius 2 is 0.899 bits per heavy atom. The SMILES string of the molecule is CCC(=O)C(CCCCNC(=O)CCCC[C@H]1SC[C@H]2NC(=O)N[C@H]21)NC(=O)COCCOCCNC(=O)CNC(=O)C(CO)NC(=O)CNC(=O)C(CO)NC(=O)CNC(=O)C(CCCCNC(=O)C(CCC(=O)O)NC(=O)CCN1C(=O)C=CC1=O)NC(=O)C(CCC(=O)O)NC(=O)CCN1C(=O)C=CC1=O. The Balaban J connectivity index is 1.15. The lowest BCUT2D eigenvalue weighted by atomic mass is 10.0. The first-order valence-electron chi connectivity index (χ1n) is 35.5. The number of carboxylic acids is 2. The number of aliphatic carboxylic acids is 2. The van der Waals surface area contributed by atoms with Crippen molar-refractivity contribution in [2.45, 2.75) is 170 Å². The number of ether oxygens (including phenoxy) is 2. The van der Waals surface area contributed by atoms with Gasteiger partial charge in [-0.15, -0.1) is 0 Å². The van der Waals surface area contributed by atoms with Crippen LogP contribution < -0.4 is 74.4 Å². The lowest BCUT2D eigenvalue weighted by Gasteiger charge is -2.24. The normalized spacial score (nSPS) is 17.1. The van der Waals surface area contributed by atoms with Crippen LogP contribution in [0.25, 0.3) is 0 Å². The Labute approximate surface area is 629 Å². The highest BCUT2D eigenvalue weighted by molar-refractivity contribution is 8.00. The Morgan fingerprint density at radius 3 is 1.42 bits per heavy atom. The summed E-state index contributed by atoms with van der Waals surface area (Å²) in [6.45, 7) is -3.81. The number of aliphatic hydroxyl groups is 2. The number of thioether (sulfide) groups is 1. The zero-order valence-electron chi connectivity index (χ0n) is 60.2. The molecule has 18 amide bonds. The van der Waals surface area contributed by atoms with E-state index in [9.17, 15) is 116 Å². The molecular formula is C66H98N16O26S. The van der Waals surface area contributed by atoms with Crippen LogP contribution in [0.1, 0.15) is 116 Å². The van der Waals surface area contributed by atoms with Gasteiger partial charge in [0.05, 0.1) is 70.8 Å². The van der Waals surface area contributed by atoms with E-state index in [2.05, 4.69) is 74.4 Å². The molecule has 0 aromatic heterocycles. The number of urea groups is 1. The number of fused-ring (bicyclic) bond motifs is 1. The number of carbonyl (C=O) groups is 20. The fourth-order valence-electron chi connectivity index (χ4n) is 11.0. The van der Waals surface area contributed by atoms with E-state index in [1.54, 1.807) is 6.92 Å². The first kappa shape index (κ1) is 90.9. The lowest BCUT2D eigenvalue weighted by molar-refractivity contribution is -0.140. The van der Waals surface area contributed by atoms with Gasteiger partial charge in [0.1, 0.15) is 36.8 Å². The molecule has 4 aliphatic rings. The van der Waals surface area contributed by atoms with E-state index < -0.39 is 208 Å². The third-order valence-electron chi connectivity index (χ3n) is 16.9. The van der Waals surface area contributed by atoms with Crippen LogP contribution >= 0.6 is 11.8 Å². The maximum absolute atomic E-state index is 13.8. The number of nitrogens with zero attached hydrogens (tertiary/aromatic N) is 2. The molecule has 2 saturated heterocycles. The zero-order chi connectivity index (χ0) is 80.4. The molecule has 604 valence electrons. The molecule has 4 aliphatic heterocycles. The number of amides is 18. The van der Waals surface area contributed by atoms with Crippen molar-refractivity contribution < 1.29 is 126 Å². The van der Waals surface area contributed by atoms with E-state index in [4.69, 9.17) is 9.47 Å². The molecule has 42 nitrogen and oxygen atoms in total. The fraction of sp³-hybridized carbons (Fsp3) is 0.636. The van der Waals surface area contributed by atoms with E-state index in [0.717, 1.165) is 59.1 Å². The monoisotopic (exact) mass is 1560 g/mol. The number of imide groups is 2. The van der Waals surface area contributed by atoms with Crippen LogP contribution in [0.3, 0.4) is 0 Å². The van der Waals surface area contributed by atoms with Gasteiger partial charge in [-0.3, -0.25) is 101 Å². The third kappa shape index (κ3) is 34.9. The number of carboxylic acid groups (broad SMARTS) is 2. The first-order valence-corrected chi connectivity index (χ1v) is 36.6. The smallest absolute Gasteiger partial charge is 0.315 e. The van der Waals surface area contributed by atoms with Gasteiger partial charge in [0.25, 0.3) is 23.6 Å². The zero-order valence-corrected chi connectivity index (χ0v) is 61.0. The molecule has 4 rings (SSSR count). The highest BCUT2D eigenvalue weighted by Crippen LogP contribution is 2.33. The van der Waals surface area contributed by atoms with Crippen LogP contribution in [0.2, 0.25) is 0 Å². The van der Waals surface area contributed by atoms with Crippen molar-refractivity contribution in [3.8, 4) is 0 Å². The maximum Gasteiger partial charge on any atom is 0.315 e. The minimum Gasteiger partial charge on any atom is -0.481 e. The number of aliphatic hydroxyl groups excluding tert-OH is 2. The van der Waals surface area contributed by atoms with Crippen LogP contribution in [0.5, 0.6) is 0 Å². The second-order valence-electron chi connectivity index (χ2n) is 25.2. The van der Waals surface area contributed by atoms with Gasteiger partial charge in [-0.05, 0) is 64.2 Å². The summed E-state index contributed by atoms with van der Waals surface area (Å²) in [4.78, 5) is 252. The molecule has 18 N–H and O–H groups in total. The van der Waals surface area contributed by atoms with Gasteiger partial charge in [-0.25, -0.2) is 4.79 Å². The van der Waals surface area contributed by atoms with Gasteiger partial charge in [-0.1, -0.05) is 13.3 Å². The van der Waals surface area contributed by atoms with E-state index >= 15 is 0 Å². The number of carbonyl (C=O) groups excluding carboxylic acids is 18. The molecule has 43 heteroatoms. The van der Waals surface area contributed by atoms with Crippen molar-refractivity contribution >= 4 is 130 Å². The number of Topliss-reactive ketones (excluding diaryl/α,β-unsaturated/α-hetero) is 1. The average molecular weight is 1560 g/mol. The van der Waals surface area contributed by atoms with Crippen molar-refractivity contribution in [2.75, 3.05) is 97.8 Å². The van der Waals surface area contributed by atoms with E-state index in [1.807, 2.05) is 11.8 Å². The summed E-state index contributed by atoms with van der Waals surface area (Å²) in [6, 6.07) is -8.70. The molecule has 6 unspecified atom stereocenters. The van der Waals surface area contributed by atoms with Crippen LogP contribution in [0.15, 0.2) is 24.3 Å². The summed E-state index contributed by atoms with van der Waals surface area (Å²) in [6.07, 6.45) is 5.07. The van der Waals surface area contributed by atoms with Crippen molar-refractivity contribution in [1.29, 1.82) is 0 Å². The molecule has 0 aromatic rings. The van der Waals surface area contributed by atoms with Crippen LogP contribution in [0.4, 0.5) is 4.79 Å². The molecule has 109 heavy (non-hydrogen) atoms. The molecule has 4 heterocycles. The molecule has 0 saturated carbocycles. The topological polar surface area (TPSA) is 616 Å². The van der Waals surface area contributed by atoms with Gasteiger partial charge >= 0.3 is 18.0 Å². The number of rotatable bonds is 56. The van der Waals surface area contributed by atoms with Crippen molar-refractivity contribution in [3.05, 3.63) is 24.3 Å². The summed E-state index contributed by atoms with van der Waals surface area (Å²) in [5, 5.41) is 73.1. The summed E-state index contributed by atoms with van der Waals surface area (Å²) in [5.41, 5.74) is 0. The maximum atomic E-state index is 13.8. The van der Waals surface area contributed by atoms with Gasteiger partial charge in [0.2, 0.25) is 70.9 Å². The Bertz CT molecular complexity index is 3310. The Hall–Kier alpha value is -10.5. The van der Waals surface area contributed by atoms with Gasteiger partial charge in [0.15, 0.2) is 5.78 Å². The van der Waals surface area contributed by atoms with E-state index in [-0.39, 0.29) is 108 Å². The minimum atomic E-state index is -1.79. The summed E-state index contributed by atoms with van der Waals surface area (Å²) < 4.78 is 10.8. The number of unbranched alkanes of at least 4 members (excludes halogenated alkanes) is 3. The highest BCUT2D eigenvalue weighted by Gasteiger charge is 2.43. The first-order chi connectivity index (χ1) is 52.0. The molecule has 0 radical (unpaired) electrons. The fourth-order valence-corrected chi connectivity index (χ4v) is 12.5. The van der Waals surface area contributed by atoms with Crippen LogP contribution in [0, 0.1) is 0 Å². The standard InChI is InChI=1S/C66H98N16O26S/c1-2-45(85)38(9-5-7-23-67-47(86)12-4-3-11-46-60-44(37-109-46)79-66(106)80-60)73-53(92)36-108-30-29-107-28-25-68-50(89)31-70-63(103)42(34-83)76-52(91)33-72-64(104)43(35-84)77-51(90)32-71-62(102)39(78-65(105)41(14-20-59(99)100)75-49(88)22-27-82-56(95)17-18-57(82)96)10-6-8-24-69-61(101)40(13-19-58(97)98)74-48(87)21-26-81-54(93)15-16-55(81)94/h15-18,38-44,46,60,83-84H,2-14,19-37H2,1H3,(H,67,86)(H,68,89)(H,69,101)(H,70,103)(H,71,102)(H,72,104)(H,73,92)(H,74,87)(H,75,88)(H,76,91)(H,77,90)(H,78,105)(H,97,98)(H,99,100)(H2,79,80,106)/t38?,39?,40?,41?,42?,43?,44-,46-,60-/m1/s1. The predicted octanol–water partition coefficient (Wildman–Crippen LogP) is -7.98.